The van der Waals surface area contributed by atoms with Crippen molar-refractivity contribution in [1.29, 1.82) is 0 Å². The molecule has 1 amide bonds. The molecule has 0 bridgehead atoms. The molecule has 0 unspecified atom stereocenters. The van der Waals surface area contributed by atoms with Gasteiger partial charge in [0, 0.05) is 13.0 Å². The summed E-state index contributed by atoms with van der Waals surface area (Å²) in [5, 5.41) is 17.7. The Balaban J connectivity index is 4.62. The van der Waals surface area contributed by atoms with E-state index in [1.54, 1.807) is 6.92 Å². The Morgan fingerprint density at radius 3 is 2.11 bits per heavy atom. The summed E-state index contributed by atoms with van der Waals surface area (Å²) in [7, 11) is 0. The topological polar surface area (TPSA) is 94.9 Å². The van der Waals surface area contributed by atoms with Gasteiger partial charge in [-0.1, -0.05) is 19.8 Å². The van der Waals surface area contributed by atoms with E-state index in [9.17, 15) is 14.4 Å². The molecule has 0 aliphatic carbocycles. The van der Waals surface area contributed by atoms with Crippen LogP contribution in [-0.2, 0) is 14.4 Å². The number of carbonyl (C=O) groups is 3. The van der Waals surface area contributed by atoms with Gasteiger partial charge in [-0.05, 0) is 13.3 Å². The van der Waals surface area contributed by atoms with Gasteiger partial charge in [-0.2, -0.15) is 0 Å². The van der Waals surface area contributed by atoms with Gasteiger partial charge < -0.3 is 15.1 Å². The average Bonchev–Trinajstić information content (AvgIpc) is 2.28. The van der Waals surface area contributed by atoms with Crippen LogP contribution in [0.1, 0.15) is 46.0 Å². The average molecular weight is 259 g/mol. The van der Waals surface area contributed by atoms with Crippen molar-refractivity contribution in [1.82, 2.24) is 4.90 Å². The molecule has 6 heteroatoms. The van der Waals surface area contributed by atoms with Crippen molar-refractivity contribution in [3.63, 3.8) is 0 Å². The minimum Gasteiger partial charge on any atom is -0.481 e. The summed E-state index contributed by atoms with van der Waals surface area (Å²) in [6.07, 6.45) is 2.27. The summed E-state index contributed by atoms with van der Waals surface area (Å²) in [4.78, 5) is 34.6. The van der Waals surface area contributed by atoms with Gasteiger partial charge in [0.1, 0.15) is 6.04 Å². The van der Waals surface area contributed by atoms with Crippen LogP contribution in [0.4, 0.5) is 0 Å². The third kappa shape index (κ3) is 5.65. The van der Waals surface area contributed by atoms with Gasteiger partial charge in [-0.3, -0.25) is 9.59 Å². The van der Waals surface area contributed by atoms with Crippen LogP contribution in [0, 0.1) is 0 Å². The van der Waals surface area contributed by atoms with Gasteiger partial charge in [-0.25, -0.2) is 4.79 Å². The molecule has 0 aromatic carbocycles. The number of likely N-dealkylation sites (N-methyl/N-ethyl adjacent to an activating group) is 1. The first-order chi connectivity index (χ1) is 8.43. The zero-order valence-electron chi connectivity index (χ0n) is 10.9. The van der Waals surface area contributed by atoms with Crippen LogP contribution >= 0.6 is 0 Å². The second-order valence-corrected chi connectivity index (χ2v) is 4.09. The Kier molecular flexibility index (Phi) is 7.74. The molecule has 6 nitrogen and oxygen atoms in total. The fourth-order valence-corrected chi connectivity index (χ4v) is 1.74. The van der Waals surface area contributed by atoms with E-state index in [0.29, 0.717) is 6.42 Å². The maximum absolute atomic E-state index is 11.8. The van der Waals surface area contributed by atoms with Crippen LogP contribution in [0.3, 0.4) is 0 Å². The van der Waals surface area contributed by atoms with Crippen LogP contribution in [-0.4, -0.2) is 45.5 Å². The second-order valence-electron chi connectivity index (χ2n) is 4.09. The van der Waals surface area contributed by atoms with Crippen molar-refractivity contribution in [2.45, 2.75) is 52.0 Å². The van der Waals surface area contributed by atoms with Gasteiger partial charge in [0.2, 0.25) is 5.91 Å². The van der Waals surface area contributed by atoms with Crippen molar-refractivity contribution in [3.05, 3.63) is 0 Å². The predicted octanol–water partition coefficient (Wildman–Crippen LogP) is 1.34. The number of carboxylic acid groups (broad SMARTS) is 2. The summed E-state index contributed by atoms with van der Waals surface area (Å²) < 4.78 is 0. The first kappa shape index (κ1) is 16.4. The van der Waals surface area contributed by atoms with Crippen LogP contribution in [0.2, 0.25) is 0 Å². The Morgan fingerprint density at radius 2 is 1.72 bits per heavy atom. The molecule has 18 heavy (non-hydrogen) atoms. The third-order valence-corrected chi connectivity index (χ3v) is 2.68. The van der Waals surface area contributed by atoms with E-state index >= 15 is 0 Å². The number of hydrogen-bond acceptors (Lipinski definition) is 3. The lowest BCUT2D eigenvalue weighted by molar-refractivity contribution is -0.154. The lowest BCUT2D eigenvalue weighted by Gasteiger charge is -2.26. The number of unbranched alkanes of at least 4 members (excludes halogenated alkanes) is 2. The molecular weight excluding hydrogens is 238 g/mol. The van der Waals surface area contributed by atoms with Gasteiger partial charge in [0.15, 0.2) is 0 Å². The van der Waals surface area contributed by atoms with Gasteiger partial charge in [0.25, 0.3) is 0 Å². The normalized spacial score (nSPS) is 11.9. The van der Waals surface area contributed by atoms with Crippen molar-refractivity contribution in [2.75, 3.05) is 6.54 Å². The Bertz CT molecular complexity index is 303. The highest BCUT2D eigenvalue weighted by Crippen LogP contribution is 2.10. The van der Waals surface area contributed by atoms with E-state index in [4.69, 9.17) is 10.2 Å². The molecule has 0 radical (unpaired) electrons. The minimum absolute atomic E-state index is 0.204. The third-order valence-electron chi connectivity index (χ3n) is 2.68. The van der Waals surface area contributed by atoms with E-state index in [0.717, 1.165) is 17.7 Å². The number of aliphatic carboxylic acids is 2. The quantitative estimate of drug-likeness (QED) is 0.609. The first-order valence-electron chi connectivity index (χ1n) is 6.18. The van der Waals surface area contributed by atoms with E-state index in [2.05, 4.69) is 0 Å². The predicted molar refractivity (Wildman–Crippen MR) is 65.2 cm³/mol. The number of carboxylic acids is 2. The maximum Gasteiger partial charge on any atom is 0.327 e. The highest BCUT2D eigenvalue weighted by molar-refractivity contribution is 5.86. The van der Waals surface area contributed by atoms with Crippen molar-refractivity contribution in [3.8, 4) is 0 Å². The van der Waals surface area contributed by atoms with Gasteiger partial charge >= 0.3 is 11.9 Å². The number of carbonyl (C=O) groups excluding carboxylic acids is 1. The van der Waals surface area contributed by atoms with Crippen molar-refractivity contribution >= 4 is 17.8 Å². The smallest absolute Gasteiger partial charge is 0.327 e. The zero-order chi connectivity index (χ0) is 14.1. The minimum atomic E-state index is -1.28. The van der Waals surface area contributed by atoms with Crippen molar-refractivity contribution < 1.29 is 24.6 Å². The van der Waals surface area contributed by atoms with Crippen LogP contribution in [0.25, 0.3) is 0 Å². The largest absolute Gasteiger partial charge is 0.481 e. The fourth-order valence-electron chi connectivity index (χ4n) is 1.74. The zero-order valence-corrected chi connectivity index (χ0v) is 10.9. The lowest BCUT2D eigenvalue weighted by Crippen LogP contribution is -2.46. The highest BCUT2D eigenvalue weighted by atomic mass is 16.4. The maximum atomic E-state index is 11.8. The summed E-state index contributed by atoms with van der Waals surface area (Å²) >= 11 is 0. The molecule has 0 aliphatic heterocycles. The SMILES string of the molecule is CCCCCC(=O)N(CC)[C@@H](CC(=O)O)C(=O)O. The van der Waals surface area contributed by atoms with Crippen LogP contribution in [0.15, 0.2) is 0 Å². The molecule has 0 aromatic rings. The molecule has 2 N–H and O–H groups in total. The monoisotopic (exact) mass is 259 g/mol. The number of amides is 1. The summed E-state index contributed by atoms with van der Waals surface area (Å²) in [6.45, 7) is 3.86. The molecule has 0 fully saturated rings. The number of hydrogen-bond donors (Lipinski definition) is 2. The molecule has 0 saturated heterocycles. The molecule has 0 rings (SSSR count). The van der Waals surface area contributed by atoms with Gasteiger partial charge in [-0.15, -0.1) is 0 Å². The number of nitrogens with zero attached hydrogens (tertiary/aromatic N) is 1. The Labute approximate surface area is 107 Å². The van der Waals surface area contributed by atoms with Crippen LogP contribution < -0.4 is 0 Å². The van der Waals surface area contributed by atoms with E-state index in [1.165, 1.54) is 0 Å². The summed E-state index contributed by atoms with van der Waals surface area (Å²) in [5.41, 5.74) is 0. The van der Waals surface area contributed by atoms with Crippen LogP contribution in [0.5, 0.6) is 0 Å². The fraction of sp³-hybridized carbons (Fsp3) is 0.750. The molecular formula is C12H21NO5. The molecule has 0 heterocycles. The molecule has 0 saturated carbocycles. The molecule has 0 aromatic heterocycles. The van der Waals surface area contributed by atoms with E-state index in [-0.39, 0.29) is 18.9 Å². The highest BCUT2D eigenvalue weighted by Gasteiger charge is 2.30. The molecule has 1 atom stereocenters. The van der Waals surface area contributed by atoms with E-state index in [1.807, 2.05) is 6.92 Å². The summed E-state index contributed by atoms with van der Waals surface area (Å²) in [6, 6.07) is -1.28. The van der Waals surface area contributed by atoms with E-state index < -0.39 is 24.4 Å². The standard InChI is InChI=1S/C12H21NO5/c1-3-5-6-7-10(14)13(4-2)9(12(17)18)8-11(15)16/h9H,3-8H2,1-2H3,(H,15,16)(H,17,18)/t9-/m0/s1. The Hall–Kier alpha value is -1.59. The van der Waals surface area contributed by atoms with Crippen molar-refractivity contribution in [2.24, 2.45) is 0 Å². The molecule has 104 valence electrons. The number of rotatable bonds is 9. The lowest BCUT2D eigenvalue weighted by atomic mass is 10.1. The second kappa shape index (κ2) is 8.49. The Morgan fingerprint density at radius 1 is 1.11 bits per heavy atom. The molecule has 0 aliphatic rings. The van der Waals surface area contributed by atoms with Gasteiger partial charge in [0.05, 0.1) is 6.42 Å². The molecule has 0 spiro atoms. The first-order valence-corrected chi connectivity index (χ1v) is 6.18. The summed E-state index contributed by atoms with van der Waals surface area (Å²) in [5.74, 6) is -2.79.